The van der Waals surface area contributed by atoms with Crippen LogP contribution in [0.15, 0.2) is 78.9 Å². The summed E-state index contributed by atoms with van der Waals surface area (Å²) in [6.45, 7) is 8.78. The zero-order valence-electron chi connectivity index (χ0n) is 18.9. The van der Waals surface area contributed by atoms with E-state index in [-0.39, 0.29) is 23.9 Å². The summed E-state index contributed by atoms with van der Waals surface area (Å²) < 4.78 is 0. The molecule has 0 unspecified atom stereocenters. The third kappa shape index (κ3) is 4.10. The van der Waals surface area contributed by atoms with Crippen molar-refractivity contribution < 1.29 is 4.79 Å². The molecule has 3 heteroatoms. The van der Waals surface area contributed by atoms with Crippen LogP contribution in [0.2, 0.25) is 0 Å². The predicted molar refractivity (Wildman–Crippen MR) is 130 cm³/mol. The maximum absolute atomic E-state index is 13.7. The van der Waals surface area contributed by atoms with Gasteiger partial charge in [0.25, 0.3) is 5.91 Å². The molecular weight excluding hydrogens is 380 g/mol. The molecule has 0 aromatic heterocycles. The maximum atomic E-state index is 13.7. The molecule has 4 rings (SSSR count). The summed E-state index contributed by atoms with van der Waals surface area (Å²) >= 11 is 0. The number of hydrogen-bond donors (Lipinski definition) is 1. The third-order valence-corrected chi connectivity index (χ3v) is 6.55. The Kier molecular flexibility index (Phi) is 6.13. The first-order chi connectivity index (χ1) is 15.0. The highest BCUT2D eigenvalue weighted by Crippen LogP contribution is 2.44. The fraction of sp³-hybridized carbons (Fsp3) is 0.321. The number of para-hydroxylation sites is 2. The van der Waals surface area contributed by atoms with Crippen molar-refractivity contribution >= 4 is 17.3 Å². The van der Waals surface area contributed by atoms with Crippen molar-refractivity contribution in [1.29, 1.82) is 0 Å². The molecule has 0 radical (unpaired) electrons. The van der Waals surface area contributed by atoms with Gasteiger partial charge in [-0.25, -0.2) is 0 Å². The van der Waals surface area contributed by atoms with Crippen LogP contribution in [-0.2, 0) is 0 Å². The molecule has 1 heterocycles. The van der Waals surface area contributed by atoms with Crippen molar-refractivity contribution in [2.45, 2.75) is 52.1 Å². The van der Waals surface area contributed by atoms with E-state index in [1.807, 2.05) is 29.2 Å². The van der Waals surface area contributed by atoms with Gasteiger partial charge in [0.2, 0.25) is 0 Å². The second-order valence-electron chi connectivity index (χ2n) is 8.83. The van der Waals surface area contributed by atoms with Gasteiger partial charge in [0, 0.05) is 28.9 Å². The Labute approximate surface area is 186 Å². The molecule has 1 amide bonds. The molecule has 3 aromatic rings. The second kappa shape index (κ2) is 8.97. The van der Waals surface area contributed by atoms with Gasteiger partial charge in [-0.1, -0.05) is 76.2 Å². The minimum Gasteiger partial charge on any atom is -0.378 e. The lowest BCUT2D eigenvalue weighted by atomic mass is 9.80. The zero-order chi connectivity index (χ0) is 22.0. The Morgan fingerprint density at radius 3 is 2.23 bits per heavy atom. The van der Waals surface area contributed by atoms with E-state index in [4.69, 9.17) is 0 Å². The fourth-order valence-corrected chi connectivity index (χ4v) is 4.78. The van der Waals surface area contributed by atoms with Crippen molar-refractivity contribution in [2.24, 2.45) is 5.92 Å². The number of carbonyl (C=O) groups excluding carboxylic acids is 1. The topological polar surface area (TPSA) is 32.3 Å². The SMILES string of the molecule is CC[C@H]1[C@@H](C)[C@@H](Nc2ccccc2)c2ccccc2N1C(=O)c1ccc(C(C)C)cc1. The van der Waals surface area contributed by atoms with Gasteiger partial charge in [-0.15, -0.1) is 0 Å². The molecule has 0 spiro atoms. The summed E-state index contributed by atoms with van der Waals surface area (Å²) in [5.41, 5.74) is 5.30. The number of rotatable bonds is 5. The number of carbonyl (C=O) groups is 1. The van der Waals surface area contributed by atoms with Crippen molar-refractivity contribution in [2.75, 3.05) is 10.2 Å². The Morgan fingerprint density at radius 1 is 0.935 bits per heavy atom. The highest BCUT2D eigenvalue weighted by molar-refractivity contribution is 6.07. The summed E-state index contributed by atoms with van der Waals surface area (Å²) in [5.74, 6) is 0.798. The Hall–Kier alpha value is -3.07. The Morgan fingerprint density at radius 2 is 1.58 bits per heavy atom. The molecule has 3 atom stereocenters. The molecule has 0 saturated carbocycles. The van der Waals surface area contributed by atoms with Crippen molar-refractivity contribution in [3.63, 3.8) is 0 Å². The van der Waals surface area contributed by atoms with Crippen LogP contribution >= 0.6 is 0 Å². The van der Waals surface area contributed by atoms with E-state index in [0.29, 0.717) is 5.92 Å². The van der Waals surface area contributed by atoms with E-state index in [1.165, 1.54) is 11.1 Å². The van der Waals surface area contributed by atoms with Crippen LogP contribution in [0.5, 0.6) is 0 Å². The Balaban J connectivity index is 1.73. The first-order valence-electron chi connectivity index (χ1n) is 11.3. The summed E-state index contributed by atoms with van der Waals surface area (Å²) in [4.78, 5) is 15.8. The lowest BCUT2D eigenvalue weighted by molar-refractivity contribution is 0.0960. The summed E-state index contributed by atoms with van der Waals surface area (Å²) in [6.07, 6.45) is 0.901. The highest BCUT2D eigenvalue weighted by atomic mass is 16.2. The van der Waals surface area contributed by atoms with Crippen LogP contribution in [0.1, 0.15) is 67.6 Å². The molecule has 0 aliphatic carbocycles. The van der Waals surface area contributed by atoms with Crippen LogP contribution in [0.25, 0.3) is 0 Å². The number of nitrogens with one attached hydrogen (secondary N) is 1. The smallest absolute Gasteiger partial charge is 0.258 e. The molecule has 0 saturated heterocycles. The van der Waals surface area contributed by atoms with E-state index < -0.39 is 0 Å². The zero-order valence-corrected chi connectivity index (χ0v) is 18.9. The second-order valence-corrected chi connectivity index (χ2v) is 8.83. The van der Waals surface area contributed by atoms with E-state index in [2.05, 4.69) is 87.6 Å². The predicted octanol–water partition coefficient (Wildman–Crippen LogP) is 7.04. The van der Waals surface area contributed by atoms with Gasteiger partial charge in [-0.05, 0) is 53.8 Å². The lowest BCUT2D eigenvalue weighted by Gasteiger charge is -2.45. The Bertz CT molecular complexity index is 1030. The largest absolute Gasteiger partial charge is 0.378 e. The molecule has 1 aliphatic rings. The molecule has 3 aromatic carbocycles. The molecule has 31 heavy (non-hydrogen) atoms. The van der Waals surface area contributed by atoms with Crippen LogP contribution in [-0.4, -0.2) is 11.9 Å². The molecule has 1 N–H and O–H groups in total. The number of nitrogens with zero attached hydrogens (tertiary/aromatic N) is 1. The first-order valence-corrected chi connectivity index (χ1v) is 11.3. The first kappa shape index (κ1) is 21.2. The molecule has 3 nitrogen and oxygen atoms in total. The van der Waals surface area contributed by atoms with Crippen molar-refractivity contribution in [3.05, 3.63) is 95.6 Å². The average molecular weight is 413 g/mol. The number of hydrogen-bond acceptors (Lipinski definition) is 2. The standard InChI is InChI=1S/C28H32N2O/c1-5-25-20(4)27(29-23-11-7-6-8-12-23)24-13-9-10-14-26(24)30(25)28(31)22-17-15-21(16-18-22)19(2)3/h6-20,25,27,29H,5H2,1-4H3/t20-,25+,27-/m1/s1. The molecular formula is C28H32N2O. The summed E-state index contributed by atoms with van der Waals surface area (Å²) in [7, 11) is 0. The molecule has 0 bridgehead atoms. The third-order valence-electron chi connectivity index (χ3n) is 6.55. The quantitative estimate of drug-likeness (QED) is 0.487. The average Bonchev–Trinajstić information content (AvgIpc) is 2.80. The maximum Gasteiger partial charge on any atom is 0.258 e. The summed E-state index contributed by atoms with van der Waals surface area (Å²) in [6, 6.07) is 27.1. The van der Waals surface area contributed by atoms with Gasteiger partial charge in [0.15, 0.2) is 0 Å². The number of fused-ring (bicyclic) bond motifs is 1. The van der Waals surface area contributed by atoms with E-state index in [0.717, 1.165) is 23.4 Å². The van der Waals surface area contributed by atoms with Gasteiger partial charge >= 0.3 is 0 Å². The molecule has 0 fully saturated rings. The van der Waals surface area contributed by atoms with E-state index in [9.17, 15) is 4.79 Å². The van der Waals surface area contributed by atoms with Gasteiger partial charge in [-0.2, -0.15) is 0 Å². The number of benzene rings is 3. The van der Waals surface area contributed by atoms with Crippen LogP contribution in [0.3, 0.4) is 0 Å². The van der Waals surface area contributed by atoms with Gasteiger partial charge in [-0.3, -0.25) is 4.79 Å². The van der Waals surface area contributed by atoms with Gasteiger partial charge in [0.1, 0.15) is 0 Å². The number of anilines is 2. The highest BCUT2D eigenvalue weighted by Gasteiger charge is 2.40. The molecule has 160 valence electrons. The van der Waals surface area contributed by atoms with Gasteiger partial charge in [0.05, 0.1) is 6.04 Å². The van der Waals surface area contributed by atoms with Crippen molar-refractivity contribution in [1.82, 2.24) is 0 Å². The normalized spacial score (nSPS) is 20.4. The monoisotopic (exact) mass is 412 g/mol. The van der Waals surface area contributed by atoms with Crippen LogP contribution in [0, 0.1) is 5.92 Å². The number of amides is 1. The van der Waals surface area contributed by atoms with Crippen LogP contribution < -0.4 is 10.2 Å². The minimum absolute atomic E-state index is 0.0830. The van der Waals surface area contributed by atoms with E-state index in [1.54, 1.807) is 0 Å². The van der Waals surface area contributed by atoms with Crippen LogP contribution in [0.4, 0.5) is 11.4 Å². The fourth-order valence-electron chi connectivity index (χ4n) is 4.78. The molecule has 1 aliphatic heterocycles. The van der Waals surface area contributed by atoms with Crippen molar-refractivity contribution in [3.8, 4) is 0 Å². The van der Waals surface area contributed by atoms with E-state index >= 15 is 0 Å². The van der Waals surface area contributed by atoms with Gasteiger partial charge < -0.3 is 10.2 Å². The lowest BCUT2D eigenvalue weighted by Crippen LogP contribution is -2.50. The summed E-state index contributed by atoms with van der Waals surface area (Å²) in [5, 5.41) is 3.73. The minimum atomic E-state index is 0.0830.